The minimum absolute atomic E-state index is 0.212. The van der Waals surface area contributed by atoms with E-state index in [0.29, 0.717) is 35.0 Å². The summed E-state index contributed by atoms with van der Waals surface area (Å²) in [5.41, 5.74) is 3.09. The molecule has 4 rings (SSSR count). The van der Waals surface area contributed by atoms with Crippen molar-refractivity contribution in [2.24, 2.45) is 0 Å². The number of benzene rings is 2. The van der Waals surface area contributed by atoms with Crippen LogP contribution in [0.2, 0.25) is 0 Å². The Balaban J connectivity index is 1.70. The Kier molecular flexibility index (Phi) is 6.31. The fourth-order valence-corrected chi connectivity index (χ4v) is 4.03. The van der Waals surface area contributed by atoms with Crippen LogP contribution in [-0.2, 0) is 16.0 Å². The van der Waals surface area contributed by atoms with Crippen LogP contribution >= 0.6 is 0 Å². The highest BCUT2D eigenvalue weighted by molar-refractivity contribution is 6.02. The first kappa shape index (κ1) is 22.3. The van der Waals surface area contributed by atoms with Crippen molar-refractivity contribution < 1.29 is 23.5 Å². The van der Waals surface area contributed by atoms with Crippen LogP contribution in [0.5, 0.6) is 0 Å². The number of fused-ring (bicyclic) bond motifs is 2. The van der Waals surface area contributed by atoms with Gasteiger partial charge in [0.25, 0.3) is 0 Å². The lowest BCUT2D eigenvalue weighted by atomic mass is 9.99. The number of nitrogens with one attached hydrogen (secondary N) is 1. The molecule has 1 unspecified atom stereocenters. The first-order valence-electron chi connectivity index (χ1n) is 10.9. The molecule has 33 heavy (non-hydrogen) atoms. The Morgan fingerprint density at radius 1 is 1.09 bits per heavy atom. The quantitative estimate of drug-likeness (QED) is 0.375. The SMILES string of the molecule is CCCCC(NC(=O)Cc1c(C)c2cc3c(-c4ccccc4)coc3cc2oc1=O)C(=O)O. The maximum atomic E-state index is 12.7. The molecule has 0 radical (unpaired) electrons. The Labute approximate surface area is 190 Å². The van der Waals surface area contributed by atoms with E-state index >= 15 is 0 Å². The Morgan fingerprint density at radius 3 is 2.55 bits per heavy atom. The third-order valence-electron chi connectivity index (χ3n) is 5.88. The van der Waals surface area contributed by atoms with Gasteiger partial charge >= 0.3 is 11.6 Å². The highest BCUT2D eigenvalue weighted by atomic mass is 16.4. The number of carboxylic acid groups (broad SMARTS) is 1. The Hall–Kier alpha value is -3.87. The predicted octanol–water partition coefficient (Wildman–Crippen LogP) is 4.82. The number of amides is 1. The number of aliphatic carboxylic acids is 1. The minimum atomic E-state index is -1.09. The maximum absolute atomic E-state index is 12.7. The van der Waals surface area contributed by atoms with E-state index in [-0.39, 0.29) is 12.0 Å². The van der Waals surface area contributed by atoms with Gasteiger partial charge in [-0.1, -0.05) is 50.1 Å². The molecule has 0 saturated heterocycles. The van der Waals surface area contributed by atoms with Gasteiger partial charge in [0.05, 0.1) is 18.2 Å². The number of rotatable bonds is 8. The molecule has 0 aliphatic heterocycles. The molecule has 0 aliphatic rings. The van der Waals surface area contributed by atoms with Crippen molar-refractivity contribution in [1.82, 2.24) is 5.32 Å². The molecule has 2 aromatic heterocycles. The number of carbonyl (C=O) groups is 2. The van der Waals surface area contributed by atoms with Gasteiger partial charge in [-0.25, -0.2) is 9.59 Å². The molecule has 0 aliphatic carbocycles. The summed E-state index contributed by atoms with van der Waals surface area (Å²) in [6, 6.07) is 12.4. The standard InChI is InChI=1S/C26H25NO6/c1-3-4-10-21(25(29)30)27-24(28)12-18-15(2)17-11-19-20(16-8-6-5-7-9-16)14-32-22(19)13-23(17)33-26(18)31/h5-9,11,13-14,21H,3-4,10,12H2,1-2H3,(H,27,28)(H,29,30). The van der Waals surface area contributed by atoms with Gasteiger partial charge in [0.2, 0.25) is 5.91 Å². The largest absolute Gasteiger partial charge is 0.480 e. The van der Waals surface area contributed by atoms with Crippen LogP contribution in [0.3, 0.4) is 0 Å². The number of carbonyl (C=O) groups excluding carboxylic acids is 1. The molecule has 2 heterocycles. The van der Waals surface area contributed by atoms with Crippen molar-refractivity contribution >= 4 is 33.8 Å². The summed E-state index contributed by atoms with van der Waals surface area (Å²) in [7, 11) is 0. The van der Waals surface area contributed by atoms with Crippen molar-refractivity contribution in [1.29, 1.82) is 0 Å². The topological polar surface area (TPSA) is 110 Å². The molecule has 0 bridgehead atoms. The average molecular weight is 447 g/mol. The lowest BCUT2D eigenvalue weighted by Crippen LogP contribution is -2.42. The third kappa shape index (κ3) is 4.53. The van der Waals surface area contributed by atoms with Gasteiger partial charge in [-0.05, 0) is 30.5 Å². The van der Waals surface area contributed by atoms with Gasteiger partial charge in [0.15, 0.2) is 0 Å². The number of hydrogen-bond acceptors (Lipinski definition) is 5. The number of carboxylic acids is 1. The summed E-state index contributed by atoms with van der Waals surface area (Å²) in [6.07, 6.45) is 3.25. The van der Waals surface area contributed by atoms with Crippen LogP contribution in [0, 0.1) is 6.92 Å². The predicted molar refractivity (Wildman–Crippen MR) is 125 cm³/mol. The highest BCUT2D eigenvalue weighted by Gasteiger charge is 2.22. The van der Waals surface area contributed by atoms with Crippen molar-refractivity contribution in [3.63, 3.8) is 0 Å². The van der Waals surface area contributed by atoms with E-state index in [1.165, 1.54) is 0 Å². The van der Waals surface area contributed by atoms with Gasteiger partial charge in [-0.3, -0.25) is 4.79 Å². The second kappa shape index (κ2) is 9.32. The summed E-state index contributed by atoms with van der Waals surface area (Å²) >= 11 is 0. The lowest BCUT2D eigenvalue weighted by Gasteiger charge is -2.14. The summed E-state index contributed by atoms with van der Waals surface area (Å²) in [4.78, 5) is 36.7. The van der Waals surface area contributed by atoms with Gasteiger partial charge in [0, 0.05) is 22.4 Å². The number of unbranched alkanes of at least 4 members (excludes halogenated alkanes) is 1. The fourth-order valence-electron chi connectivity index (χ4n) is 4.03. The molecule has 0 fully saturated rings. The van der Waals surface area contributed by atoms with E-state index in [0.717, 1.165) is 22.9 Å². The van der Waals surface area contributed by atoms with E-state index in [2.05, 4.69) is 5.32 Å². The van der Waals surface area contributed by atoms with Crippen LogP contribution in [0.4, 0.5) is 0 Å². The Morgan fingerprint density at radius 2 is 1.85 bits per heavy atom. The molecule has 2 N–H and O–H groups in total. The second-order valence-electron chi connectivity index (χ2n) is 8.13. The van der Waals surface area contributed by atoms with E-state index in [4.69, 9.17) is 8.83 Å². The average Bonchev–Trinajstić information content (AvgIpc) is 3.21. The third-order valence-corrected chi connectivity index (χ3v) is 5.88. The van der Waals surface area contributed by atoms with Crippen LogP contribution in [-0.4, -0.2) is 23.0 Å². The van der Waals surface area contributed by atoms with Crippen molar-refractivity contribution in [2.75, 3.05) is 0 Å². The molecule has 1 amide bonds. The minimum Gasteiger partial charge on any atom is -0.480 e. The molecule has 7 nitrogen and oxygen atoms in total. The van der Waals surface area contributed by atoms with E-state index in [1.54, 1.807) is 19.3 Å². The van der Waals surface area contributed by atoms with Gasteiger partial charge in [-0.2, -0.15) is 0 Å². The number of aryl methyl sites for hydroxylation is 1. The first-order valence-corrected chi connectivity index (χ1v) is 10.9. The molecule has 0 spiro atoms. The molecule has 2 aromatic carbocycles. The molecule has 0 saturated carbocycles. The first-order chi connectivity index (χ1) is 15.9. The summed E-state index contributed by atoms with van der Waals surface area (Å²) in [5, 5.41) is 13.5. The van der Waals surface area contributed by atoms with Crippen LogP contribution in [0.25, 0.3) is 33.1 Å². The van der Waals surface area contributed by atoms with E-state index < -0.39 is 23.5 Å². The normalized spacial score (nSPS) is 12.2. The van der Waals surface area contributed by atoms with Crippen molar-refractivity contribution in [3.05, 3.63) is 70.3 Å². The maximum Gasteiger partial charge on any atom is 0.340 e. The number of furan rings is 1. The molecule has 170 valence electrons. The molecular weight excluding hydrogens is 422 g/mol. The fraction of sp³-hybridized carbons (Fsp3) is 0.269. The summed E-state index contributed by atoms with van der Waals surface area (Å²) < 4.78 is 11.2. The van der Waals surface area contributed by atoms with Crippen molar-refractivity contribution in [3.8, 4) is 11.1 Å². The monoisotopic (exact) mass is 447 g/mol. The summed E-state index contributed by atoms with van der Waals surface area (Å²) in [5.74, 6) is -1.61. The second-order valence-corrected chi connectivity index (χ2v) is 8.13. The summed E-state index contributed by atoms with van der Waals surface area (Å²) in [6.45, 7) is 3.71. The zero-order valence-corrected chi connectivity index (χ0v) is 18.5. The van der Waals surface area contributed by atoms with Crippen LogP contribution in [0.15, 0.2) is 62.4 Å². The zero-order valence-electron chi connectivity index (χ0n) is 18.5. The van der Waals surface area contributed by atoms with Gasteiger partial charge in [-0.15, -0.1) is 0 Å². The van der Waals surface area contributed by atoms with Crippen LogP contribution < -0.4 is 10.9 Å². The highest BCUT2D eigenvalue weighted by Crippen LogP contribution is 2.34. The Bertz CT molecular complexity index is 1380. The number of hydrogen-bond donors (Lipinski definition) is 2. The molecule has 1 atom stereocenters. The van der Waals surface area contributed by atoms with Crippen molar-refractivity contribution in [2.45, 2.75) is 45.6 Å². The lowest BCUT2D eigenvalue weighted by molar-refractivity contribution is -0.142. The van der Waals surface area contributed by atoms with E-state index in [9.17, 15) is 19.5 Å². The van der Waals surface area contributed by atoms with Crippen LogP contribution in [0.1, 0.15) is 37.3 Å². The van der Waals surface area contributed by atoms with E-state index in [1.807, 2.05) is 43.3 Å². The van der Waals surface area contributed by atoms with Gasteiger partial charge < -0.3 is 19.3 Å². The molecular formula is C26H25NO6. The molecule has 7 heteroatoms. The smallest absolute Gasteiger partial charge is 0.340 e. The van der Waals surface area contributed by atoms with Gasteiger partial charge in [0.1, 0.15) is 17.2 Å². The molecule has 4 aromatic rings. The zero-order chi connectivity index (χ0) is 23.5.